The quantitative estimate of drug-likeness (QED) is 0.257. The molecule has 0 spiro atoms. The monoisotopic (exact) mass is 530 g/mol. The molecule has 0 radical (unpaired) electrons. The molecule has 38 heavy (non-hydrogen) atoms. The Morgan fingerprint density at radius 3 is 2.71 bits per heavy atom. The minimum Gasteiger partial charge on any atom is -0.422 e. The van der Waals surface area contributed by atoms with E-state index in [1.54, 1.807) is 50.3 Å². The van der Waals surface area contributed by atoms with Gasteiger partial charge < -0.3 is 22.0 Å². The van der Waals surface area contributed by atoms with Crippen molar-refractivity contribution >= 4 is 46.1 Å². The molecule has 192 valence electrons. The molecule has 0 bridgehead atoms. The highest BCUT2D eigenvalue weighted by Gasteiger charge is 2.54. The zero-order chi connectivity index (χ0) is 26.9. The first-order valence-electron chi connectivity index (χ1n) is 12.5. The van der Waals surface area contributed by atoms with Gasteiger partial charge in [0, 0.05) is 63.9 Å². The predicted octanol–water partition coefficient (Wildman–Crippen LogP) is 5.31. The SMILES string of the molecule is CC1=CC(C)=[N+]2C1=C(C=Cc1cc3cc4c(cc3oc1=O)C#CCCS(=O)C4)c1c(C)cc(C)n1[B-]2(F)F. The highest BCUT2D eigenvalue weighted by Crippen LogP contribution is 2.42. The fraction of sp³-hybridized carbons (Fsp3) is 0.241. The predicted molar refractivity (Wildman–Crippen MR) is 149 cm³/mol. The van der Waals surface area contributed by atoms with Gasteiger partial charge >= 0.3 is 12.6 Å². The summed E-state index contributed by atoms with van der Waals surface area (Å²) in [6.45, 7) is 2.95. The topological polar surface area (TPSA) is 55.2 Å². The molecular formula is C29H25BF2N2O3S. The molecule has 9 heteroatoms. The number of hydrogen-bond donors (Lipinski definition) is 0. The summed E-state index contributed by atoms with van der Waals surface area (Å²) in [6.07, 6.45) is 5.69. The molecule has 1 atom stereocenters. The zero-order valence-electron chi connectivity index (χ0n) is 21.5. The van der Waals surface area contributed by atoms with E-state index in [2.05, 4.69) is 11.8 Å². The van der Waals surface area contributed by atoms with Crippen LogP contribution in [0.4, 0.5) is 8.63 Å². The van der Waals surface area contributed by atoms with Crippen LogP contribution < -0.4 is 5.63 Å². The van der Waals surface area contributed by atoms with Crippen LogP contribution in [0.15, 0.2) is 56.9 Å². The Balaban J connectivity index is 1.52. The summed E-state index contributed by atoms with van der Waals surface area (Å²) >= 11 is 0. The van der Waals surface area contributed by atoms with E-state index >= 15 is 8.63 Å². The van der Waals surface area contributed by atoms with Gasteiger partial charge in [-0.2, -0.15) is 0 Å². The third-order valence-electron chi connectivity index (χ3n) is 7.38. The van der Waals surface area contributed by atoms with Crippen molar-refractivity contribution in [3.8, 4) is 11.8 Å². The lowest BCUT2D eigenvalue weighted by atomic mass is 9.86. The van der Waals surface area contributed by atoms with Crippen molar-refractivity contribution in [2.24, 2.45) is 0 Å². The molecule has 6 rings (SSSR count). The number of hydrogen-bond acceptors (Lipinski definition) is 3. The summed E-state index contributed by atoms with van der Waals surface area (Å²) < 4.78 is 51.8. The summed E-state index contributed by atoms with van der Waals surface area (Å²) in [5.41, 5.74) is 5.70. The smallest absolute Gasteiger partial charge is 0.422 e. The van der Waals surface area contributed by atoms with Crippen LogP contribution >= 0.6 is 0 Å². The Kier molecular flexibility index (Phi) is 5.58. The van der Waals surface area contributed by atoms with E-state index in [-0.39, 0.29) is 0 Å². The Labute approximate surface area is 221 Å². The van der Waals surface area contributed by atoms with Crippen LogP contribution in [0.25, 0.3) is 22.6 Å². The number of aryl methyl sites for hydroxylation is 2. The van der Waals surface area contributed by atoms with E-state index in [9.17, 15) is 9.00 Å². The Hall–Kier alpha value is -3.77. The Morgan fingerprint density at radius 2 is 1.92 bits per heavy atom. The second-order valence-electron chi connectivity index (χ2n) is 10.1. The molecule has 0 saturated heterocycles. The van der Waals surface area contributed by atoms with Crippen LogP contribution in [0.2, 0.25) is 0 Å². The molecule has 1 aromatic carbocycles. The maximum Gasteiger partial charge on any atom is 0.737 e. The minimum atomic E-state index is -4.06. The number of benzene rings is 1. The molecule has 5 heterocycles. The maximum absolute atomic E-state index is 15.8. The number of fused-ring (bicyclic) bond motifs is 4. The average Bonchev–Trinajstić information content (AvgIpc) is 3.31. The molecule has 3 aliphatic rings. The van der Waals surface area contributed by atoms with Crippen LogP contribution in [-0.4, -0.2) is 31.6 Å². The minimum absolute atomic E-state index is 0.297. The van der Waals surface area contributed by atoms with Gasteiger partial charge in [0.2, 0.25) is 0 Å². The molecule has 3 aromatic rings. The number of allylic oxidation sites excluding steroid dienone is 4. The Morgan fingerprint density at radius 1 is 1.13 bits per heavy atom. The van der Waals surface area contributed by atoms with Gasteiger partial charge in [-0.1, -0.05) is 11.8 Å². The van der Waals surface area contributed by atoms with Crippen LogP contribution in [-0.2, 0) is 16.6 Å². The number of halogens is 2. The summed E-state index contributed by atoms with van der Waals surface area (Å²) in [4.78, 5) is 12.9. The fourth-order valence-corrected chi connectivity index (χ4v) is 6.89. The molecule has 0 N–H and O–H groups in total. The first kappa shape index (κ1) is 24.6. The van der Waals surface area contributed by atoms with E-state index in [0.717, 1.165) is 31.2 Å². The second kappa shape index (κ2) is 8.64. The van der Waals surface area contributed by atoms with E-state index < -0.39 is 23.4 Å². The second-order valence-corrected chi connectivity index (χ2v) is 11.7. The van der Waals surface area contributed by atoms with Gasteiger partial charge in [0.15, 0.2) is 5.70 Å². The highest BCUT2D eigenvalue weighted by molar-refractivity contribution is 7.84. The van der Waals surface area contributed by atoms with Gasteiger partial charge in [-0.15, -0.1) is 0 Å². The Bertz CT molecular complexity index is 1860. The van der Waals surface area contributed by atoms with Crippen LogP contribution in [0.5, 0.6) is 0 Å². The molecular weight excluding hydrogens is 505 g/mol. The third kappa shape index (κ3) is 3.70. The van der Waals surface area contributed by atoms with Crippen LogP contribution in [0, 0.1) is 25.7 Å². The van der Waals surface area contributed by atoms with E-state index in [0.29, 0.717) is 62.8 Å². The number of rotatable bonds is 2. The standard InChI is InChI=1S/C29H25BF2N2O3S/c1-17-11-19(3)33-27(17)25(28-18(2)12-20(4)34(28)30(33,31)32)9-8-22-13-23-14-24-16-38(36)10-6-5-7-21(24)15-26(23)37-29(22)35/h8-9,11-15H,6,10,16H2,1-4H3. The summed E-state index contributed by atoms with van der Waals surface area (Å²) in [6, 6.07) is 7.09. The number of nitrogens with zero attached hydrogens (tertiary/aromatic N) is 2. The van der Waals surface area contributed by atoms with Gasteiger partial charge in [-0.25, -0.2) is 4.79 Å². The molecule has 0 fully saturated rings. The van der Waals surface area contributed by atoms with Crippen LogP contribution in [0.3, 0.4) is 0 Å². The molecule has 0 aliphatic carbocycles. The average molecular weight is 530 g/mol. The summed E-state index contributed by atoms with van der Waals surface area (Å²) in [7, 11) is -1.02. The van der Waals surface area contributed by atoms with Gasteiger partial charge in [-0.3, -0.25) is 4.21 Å². The van der Waals surface area contributed by atoms with Crippen molar-refractivity contribution in [2.75, 3.05) is 5.75 Å². The first-order chi connectivity index (χ1) is 18.1. The molecule has 2 aromatic heterocycles. The van der Waals surface area contributed by atoms with Crippen molar-refractivity contribution in [3.63, 3.8) is 0 Å². The fourth-order valence-electron chi connectivity index (χ4n) is 5.83. The van der Waals surface area contributed by atoms with Crippen molar-refractivity contribution in [2.45, 2.75) is 39.9 Å². The normalized spacial score (nSPS) is 20.1. The lowest BCUT2D eigenvalue weighted by molar-refractivity contribution is -0.363. The lowest BCUT2D eigenvalue weighted by Gasteiger charge is -2.33. The largest absolute Gasteiger partial charge is 0.737 e. The van der Waals surface area contributed by atoms with Crippen molar-refractivity contribution in [1.82, 2.24) is 4.48 Å². The zero-order valence-corrected chi connectivity index (χ0v) is 22.3. The van der Waals surface area contributed by atoms with Crippen molar-refractivity contribution in [1.29, 1.82) is 0 Å². The van der Waals surface area contributed by atoms with Crippen LogP contribution in [0.1, 0.15) is 53.9 Å². The van der Waals surface area contributed by atoms with E-state index in [1.165, 1.54) is 0 Å². The summed E-state index contributed by atoms with van der Waals surface area (Å²) in [5.74, 6) is 7.04. The maximum atomic E-state index is 15.8. The summed E-state index contributed by atoms with van der Waals surface area (Å²) in [5, 5.41) is 0.691. The first-order valence-corrected chi connectivity index (χ1v) is 13.9. The molecule has 3 aliphatic heterocycles. The van der Waals surface area contributed by atoms with Gasteiger partial charge in [-0.05, 0) is 74.0 Å². The van der Waals surface area contributed by atoms with E-state index in [4.69, 9.17) is 4.42 Å². The van der Waals surface area contributed by atoms with Gasteiger partial charge in [0.25, 0.3) is 0 Å². The molecule has 1 unspecified atom stereocenters. The third-order valence-corrected chi connectivity index (χ3v) is 8.67. The number of aromatic nitrogens is 1. The lowest BCUT2D eigenvalue weighted by Crippen LogP contribution is -2.51. The van der Waals surface area contributed by atoms with Gasteiger partial charge in [0.05, 0.1) is 11.1 Å². The highest BCUT2D eigenvalue weighted by atomic mass is 32.2. The molecule has 5 nitrogen and oxygen atoms in total. The van der Waals surface area contributed by atoms with Gasteiger partial charge in [0.1, 0.15) is 11.3 Å². The molecule has 0 amide bonds. The molecule has 0 saturated carbocycles. The van der Waals surface area contributed by atoms with E-state index in [1.807, 2.05) is 19.9 Å². The van der Waals surface area contributed by atoms with Crippen molar-refractivity contribution in [3.05, 3.63) is 91.7 Å². The van der Waals surface area contributed by atoms with Crippen molar-refractivity contribution < 1.29 is 21.7 Å².